The van der Waals surface area contributed by atoms with Crippen molar-refractivity contribution in [1.29, 1.82) is 0 Å². The van der Waals surface area contributed by atoms with Gasteiger partial charge in [0.15, 0.2) is 5.06 Å². The number of thiophene rings is 1. The second-order valence-electron chi connectivity index (χ2n) is 1.05. The highest BCUT2D eigenvalue weighted by Crippen LogP contribution is 2.19. The Bertz CT molecular complexity index is 126. The fourth-order valence-electron chi connectivity index (χ4n) is 0.331. The minimum Gasteiger partial charge on any atom is -0.470 e. The maximum absolute atomic E-state index is 4.79. The zero-order valence-corrected chi connectivity index (χ0v) is 5.60. The van der Waals surface area contributed by atoms with Gasteiger partial charge in [-0.1, -0.05) is 0 Å². The van der Waals surface area contributed by atoms with Crippen LogP contribution in [0.25, 0.3) is 0 Å². The fourth-order valence-corrected chi connectivity index (χ4v) is 1.08. The smallest absolute Gasteiger partial charge is 0.176 e. The van der Waals surface area contributed by atoms with Crippen molar-refractivity contribution in [3.8, 4) is 5.06 Å². The Morgan fingerprint density at radius 3 is 2.86 bits per heavy atom. The van der Waals surface area contributed by atoms with Gasteiger partial charge in [-0.05, 0) is 17.5 Å². The molecule has 0 bridgehead atoms. The topological polar surface area (TPSA) is 9.23 Å². The van der Waals surface area contributed by atoms with E-state index in [2.05, 4.69) is 9.47 Å². The summed E-state index contributed by atoms with van der Waals surface area (Å²) < 4.78 is 4.79. The van der Waals surface area contributed by atoms with Gasteiger partial charge in [-0.15, -0.1) is 11.3 Å². The van der Waals surface area contributed by atoms with Crippen LogP contribution < -0.4 is 4.52 Å². The van der Waals surface area contributed by atoms with Crippen molar-refractivity contribution in [3.05, 3.63) is 17.5 Å². The molecule has 1 aromatic rings. The SMILES string of the molecule is POc1cccs1. The molecule has 0 aliphatic carbocycles. The molecule has 1 atom stereocenters. The summed E-state index contributed by atoms with van der Waals surface area (Å²) in [6.45, 7) is 0. The highest BCUT2D eigenvalue weighted by Gasteiger charge is 1.83. The summed E-state index contributed by atoms with van der Waals surface area (Å²) in [6, 6.07) is 3.86. The van der Waals surface area contributed by atoms with E-state index in [4.69, 9.17) is 4.52 Å². The Balaban J connectivity index is 2.76. The molecular formula is C4H5OPS. The Labute approximate surface area is 48.6 Å². The maximum atomic E-state index is 4.79. The van der Waals surface area contributed by atoms with Crippen LogP contribution in [0.1, 0.15) is 0 Å². The molecule has 7 heavy (non-hydrogen) atoms. The molecule has 0 aliphatic rings. The molecule has 0 amide bonds. The van der Waals surface area contributed by atoms with Crippen LogP contribution in [0.3, 0.4) is 0 Å². The predicted octanol–water partition coefficient (Wildman–Crippen LogP) is 1.92. The molecule has 0 radical (unpaired) electrons. The summed E-state index contributed by atoms with van der Waals surface area (Å²) in [5, 5.41) is 2.91. The standard InChI is InChI=1S/C4H5OPS/c6-5-4-2-1-3-7-4/h1-3H,6H2. The summed E-state index contributed by atoms with van der Waals surface area (Å²) in [5.41, 5.74) is 0. The quantitative estimate of drug-likeness (QED) is 0.530. The van der Waals surface area contributed by atoms with Crippen LogP contribution in [0.15, 0.2) is 17.5 Å². The highest BCUT2D eigenvalue weighted by atomic mass is 32.1. The van der Waals surface area contributed by atoms with Gasteiger partial charge in [0.05, 0.1) is 9.47 Å². The number of rotatable bonds is 1. The van der Waals surface area contributed by atoms with E-state index in [1.807, 2.05) is 17.5 Å². The number of hydrogen-bond acceptors (Lipinski definition) is 2. The lowest BCUT2D eigenvalue weighted by molar-refractivity contribution is 0.666. The first-order chi connectivity index (χ1) is 3.43. The van der Waals surface area contributed by atoms with Crippen LogP contribution in [-0.4, -0.2) is 0 Å². The predicted molar refractivity (Wildman–Crippen MR) is 34.7 cm³/mol. The van der Waals surface area contributed by atoms with Crippen molar-refractivity contribution in [2.24, 2.45) is 0 Å². The molecule has 1 aromatic heterocycles. The lowest BCUT2D eigenvalue weighted by Gasteiger charge is -1.85. The first-order valence-electron chi connectivity index (χ1n) is 1.83. The third-order valence-corrected chi connectivity index (χ3v) is 1.79. The highest BCUT2D eigenvalue weighted by molar-refractivity contribution is 7.15. The van der Waals surface area contributed by atoms with Crippen molar-refractivity contribution in [2.75, 3.05) is 0 Å². The van der Waals surface area contributed by atoms with Gasteiger partial charge in [0, 0.05) is 0 Å². The molecule has 1 rings (SSSR count). The van der Waals surface area contributed by atoms with Gasteiger partial charge in [-0.2, -0.15) is 0 Å². The molecule has 1 unspecified atom stereocenters. The van der Waals surface area contributed by atoms with E-state index in [9.17, 15) is 0 Å². The summed E-state index contributed by atoms with van der Waals surface area (Å²) in [6.07, 6.45) is 0. The van der Waals surface area contributed by atoms with E-state index in [0.717, 1.165) is 5.06 Å². The molecule has 0 saturated heterocycles. The second-order valence-corrected chi connectivity index (χ2v) is 2.20. The van der Waals surface area contributed by atoms with E-state index in [1.54, 1.807) is 11.3 Å². The third-order valence-electron chi connectivity index (χ3n) is 0.611. The van der Waals surface area contributed by atoms with Crippen LogP contribution in [0.2, 0.25) is 0 Å². The molecule has 0 aromatic carbocycles. The minimum absolute atomic E-state index is 0.935. The first kappa shape index (κ1) is 5.07. The molecule has 0 N–H and O–H groups in total. The summed E-state index contributed by atoms with van der Waals surface area (Å²) >= 11 is 1.58. The van der Waals surface area contributed by atoms with E-state index in [1.165, 1.54) is 0 Å². The monoisotopic (exact) mass is 132 g/mol. The van der Waals surface area contributed by atoms with E-state index < -0.39 is 0 Å². The molecule has 1 heterocycles. The van der Waals surface area contributed by atoms with Gasteiger partial charge < -0.3 is 4.52 Å². The summed E-state index contributed by atoms with van der Waals surface area (Å²) in [7, 11) is 2.19. The first-order valence-corrected chi connectivity index (χ1v) is 3.19. The van der Waals surface area contributed by atoms with Crippen LogP contribution in [0.4, 0.5) is 0 Å². The largest absolute Gasteiger partial charge is 0.470 e. The van der Waals surface area contributed by atoms with Crippen molar-refractivity contribution < 1.29 is 4.52 Å². The van der Waals surface area contributed by atoms with Crippen LogP contribution in [0.5, 0.6) is 5.06 Å². The fraction of sp³-hybridized carbons (Fsp3) is 0. The minimum atomic E-state index is 0.935. The van der Waals surface area contributed by atoms with Crippen molar-refractivity contribution in [2.45, 2.75) is 0 Å². The molecule has 0 fully saturated rings. The van der Waals surface area contributed by atoms with Gasteiger partial charge in [-0.25, -0.2) is 0 Å². The average Bonchev–Trinajstić information content (AvgIpc) is 2.14. The van der Waals surface area contributed by atoms with Gasteiger partial charge in [0.2, 0.25) is 0 Å². The van der Waals surface area contributed by atoms with Gasteiger partial charge in [-0.3, -0.25) is 0 Å². The Morgan fingerprint density at radius 1 is 1.71 bits per heavy atom. The second kappa shape index (κ2) is 2.29. The van der Waals surface area contributed by atoms with Gasteiger partial charge >= 0.3 is 0 Å². The van der Waals surface area contributed by atoms with E-state index in [-0.39, 0.29) is 0 Å². The summed E-state index contributed by atoms with van der Waals surface area (Å²) in [5.74, 6) is 0. The van der Waals surface area contributed by atoms with Gasteiger partial charge in [0.25, 0.3) is 0 Å². The molecule has 38 valence electrons. The lowest BCUT2D eigenvalue weighted by atomic mass is 10.7. The van der Waals surface area contributed by atoms with Crippen LogP contribution in [0, 0.1) is 0 Å². The van der Waals surface area contributed by atoms with Gasteiger partial charge in [0.1, 0.15) is 0 Å². The Morgan fingerprint density at radius 2 is 2.57 bits per heavy atom. The molecule has 1 nitrogen and oxygen atoms in total. The van der Waals surface area contributed by atoms with Crippen LogP contribution >= 0.6 is 20.8 Å². The maximum Gasteiger partial charge on any atom is 0.176 e. The zero-order valence-electron chi connectivity index (χ0n) is 3.63. The molecule has 0 aliphatic heterocycles. The lowest BCUT2D eigenvalue weighted by Crippen LogP contribution is -1.58. The normalized spacial score (nSPS) is 8.71. The van der Waals surface area contributed by atoms with Crippen molar-refractivity contribution >= 4 is 20.8 Å². The molecule has 3 heteroatoms. The Kier molecular flexibility index (Phi) is 1.66. The Hall–Kier alpha value is -0.0700. The summed E-state index contributed by atoms with van der Waals surface area (Å²) in [4.78, 5) is 0. The van der Waals surface area contributed by atoms with Crippen molar-refractivity contribution in [3.63, 3.8) is 0 Å². The average molecular weight is 132 g/mol. The molecule has 0 saturated carbocycles. The zero-order chi connectivity index (χ0) is 5.11. The number of hydrogen-bond donors (Lipinski definition) is 0. The van der Waals surface area contributed by atoms with E-state index in [0.29, 0.717) is 0 Å². The van der Waals surface area contributed by atoms with E-state index >= 15 is 0 Å². The molecular weight excluding hydrogens is 127 g/mol. The van der Waals surface area contributed by atoms with Crippen molar-refractivity contribution in [1.82, 2.24) is 0 Å². The third kappa shape index (κ3) is 1.15. The molecule has 0 spiro atoms. The van der Waals surface area contributed by atoms with Crippen LogP contribution in [-0.2, 0) is 0 Å².